The number of sulfone groups is 1. The summed E-state index contributed by atoms with van der Waals surface area (Å²) in [6, 6.07) is 5.46. The fraction of sp³-hybridized carbons (Fsp3) is 0.292. The first-order chi connectivity index (χ1) is 17.4. The summed E-state index contributed by atoms with van der Waals surface area (Å²) in [5.74, 6) is -2.69. The zero-order valence-electron chi connectivity index (χ0n) is 20.1. The lowest BCUT2D eigenvalue weighted by Gasteiger charge is -2.14. The third-order valence-electron chi connectivity index (χ3n) is 5.37. The maximum absolute atomic E-state index is 13.4. The SMILES string of the molecule is Cc1nn(C)c(OCC(=O)c2ccc(C(F)(F)F)cc2)c1C(=O)c1ccc(C(F)(F)F)cc1CS(C)(=O)=O. The summed E-state index contributed by atoms with van der Waals surface area (Å²) in [6.07, 6.45) is -8.57. The second-order valence-electron chi connectivity index (χ2n) is 8.45. The largest absolute Gasteiger partial charge is 0.469 e. The summed E-state index contributed by atoms with van der Waals surface area (Å²) >= 11 is 0. The first-order valence-electron chi connectivity index (χ1n) is 10.7. The van der Waals surface area contributed by atoms with Crippen LogP contribution in [0, 0.1) is 6.92 Å². The van der Waals surface area contributed by atoms with Crippen molar-refractivity contribution in [3.63, 3.8) is 0 Å². The Labute approximate surface area is 212 Å². The number of rotatable bonds is 8. The van der Waals surface area contributed by atoms with E-state index in [0.717, 1.165) is 41.3 Å². The predicted octanol–water partition coefficient (Wildman–Crippen LogP) is 4.80. The minimum atomic E-state index is -4.79. The van der Waals surface area contributed by atoms with Crippen LogP contribution in [0.5, 0.6) is 5.88 Å². The fourth-order valence-corrected chi connectivity index (χ4v) is 4.46. The van der Waals surface area contributed by atoms with E-state index in [9.17, 15) is 44.3 Å². The van der Waals surface area contributed by atoms with Crippen LogP contribution in [-0.4, -0.2) is 42.6 Å². The molecule has 1 heterocycles. The molecular weight excluding hydrogens is 542 g/mol. The summed E-state index contributed by atoms with van der Waals surface area (Å²) in [5.41, 5.74) is -3.05. The number of Topliss-reactive ketones (excluding diaryl/α,β-unsaturated/α-hetero) is 1. The first-order valence-corrected chi connectivity index (χ1v) is 12.7. The molecule has 3 rings (SSSR count). The quantitative estimate of drug-likeness (QED) is 0.289. The van der Waals surface area contributed by atoms with E-state index >= 15 is 0 Å². The van der Waals surface area contributed by atoms with Crippen molar-refractivity contribution in [1.29, 1.82) is 0 Å². The van der Waals surface area contributed by atoms with Gasteiger partial charge in [-0.1, -0.05) is 18.2 Å². The second kappa shape index (κ2) is 10.2. The maximum atomic E-state index is 13.4. The minimum absolute atomic E-state index is 0.0830. The van der Waals surface area contributed by atoms with Gasteiger partial charge in [0, 0.05) is 24.4 Å². The van der Waals surface area contributed by atoms with Crippen molar-refractivity contribution in [2.75, 3.05) is 12.9 Å². The zero-order chi connectivity index (χ0) is 28.6. The zero-order valence-corrected chi connectivity index (χ0v) is 20.9. The van der Waals surface area contributed by atoms with Gasteiger partial charge in [-0.25, -0.2) is 13.1 Å². The van der Waals surface area contributed by atoms with Gasteiger partial charge < -0.3 is 4.74 Å². The summed E-state index contributed by atoms with van der Waals surface area (Å²) in [6.45, 7) is 0.700. The number of aromatic nitrogens is 2. The van der Waals surface area contributed by atoms with Gasteiger partial charge >= 0.3 is 12.4 Å². The smallest absolute Gasteiger partial charge is 0.416 e. The van der Waals surface area contributed by atoms with E-state index in [1.54, 1.807) is 0 Å². The Balaban J connectivity index is 1.94. The molecule has 0 spiro atoms. The number of ether oxygens (including phenoxy) is 1. The normalized spacial score (nSPS) is 12.4. The summed E-state index contributed by atoms with van der Waals surface area (Å²) < 4.78 is 108. The highest BCUT2D eigenvalue weighted by Gasteiger charge is 2.33. The van der Waals surface area contributed by atoms with Gasteiger partial charge in [0.1, 0.15) is 5.56 Å². The molecule has 0 amide bonds. The lowest BCUT2D eigenvalue weighted by atomic mass is 9.97. The van der Waals surface area contributed by atoms with Crippen molar-refractivity contribution in [2.45, 2.75) is 25.0 Å². The Morgan fingerprint density at radius 2 is 1.50 bits per heavy atom. The van der Waals surface area contributed by atoms with Gasteiger partial charge in [-0.2, -0.15) is 31.4 Å². The topological polar surface area (TPSA) is 95.3 Å². The molecule has 1 aromatic heterocycles. The third-order valence-corrected chi connectivity index (χ3v) is 6.20. The van der Waals surface area contributed by atoms with Crippen molar-refractivity contribution >= 4 is 21.4 Å². The molecule has 0 saturated carbocycles. The third kappa shape index (κ3) is 6.60. The van der Waals surface area contributed by atoms with Crippen LogP contribution in [0.15, 0.2) is 42.5 Å². The minimum Gasteiger partial charge on any atom is -0.469 e. The van der Waals surface area contributed by atoms with Crippen molar-refractivity contribution in [2.24, 2.45) is 7.05 Å². The molecule has 0 N–H and O–H groups in total. The van der Waals surface area contributed by atoms with Crippen molar-refractivity contribution in [1.82, 2.24) is 9.78 Å². The van der Waals surface area contributed by atoms with Crippen LogP contribution < -0.4 is 4.74 Å². The van der Waals surface area contributed by atoms with Gasteiger partial charge in [-0.05, 0) is 36.8 Å². The number of hydrogen-bond acceptors (Lipinski definition) is 6. The van der Waals surface area contributed by atoms with Gasteiger partial charge in [0.05, 0.1) is 22.6 Å². The number of halogens is 6. The molecular formula is C24H20F6N2O5S. The number of hydrogen-bond donors (Lipinski definition) is 0. The van der Waals surface area contributed by atoms with E-state index < -0.39 is 57.2 Å². The lowest BCUT2D eigenvalue weighted by molar-refractivity contribution is -0.138. The Hall–Kier alpha value is -3.68. The monoisotopic (exact) mass is 562 g/mol. The molecule has 204 valence electrons. The predicted molar refractivity (Wildman–Crippen MR) is 123 cm³/mol. The van der Waals surface area contributed by atoms with Crippen LogP contribution >= 0.6 is 0 Å². The average molecular weight is 562 g/mol. The van der Waals surface area contributed by atoms with Crippen molar-refractivity contribution in [3.05, 3.63) is 81.5 Å². The molecule has 2 aromatic carbocycles. The number of ketones is 2. The maximum Gasteiger partial charge on any atom is 0.416 e. The van der Waals surface area contributed by atoms with Gasteiger partial charge in [-0.15, -0.1) is 0 Å². The Morgan fingerprint density at radius 3 is 2.03 bits per heavy atom. The average Bonchev–Trinajstić information content (AvgIpc) is 3.07. The Bertz CT molecular complexity index is 1490. The molecule has 0 radical (unpaired) electrons. The molecule has 3 aromatic rings. The molecule has 0 fully saturated rings. The molecule has 14 heteroatoms. The van der Waals surface area contributed by atoms with Crippen molar-refractivity contribution in [3.8, 4) is 5.88 Å². The van der Waals surface area contributed by atoms with E-state index in [2.05, 4.69) is 5.10 Å². The molecule has 0 atom stereocenters. The molecule has 0 aliphatic heterocycles. The number of carbonyl (C=O) groups excluding carboxylic acids is 2. The fourth-order valence-electron chi connectivity index (χ4n) is 3.65. The van der Waals surface area contributed by atoms with Crippen LogP contribution in [0.2, 0.25) is 0 Å². The molecule has 7 nitrogen and oxygen atoms in total. The van der Waals surface area contributed by atoms with Gasteiger partial charge in [0.25, 0.3) is 0 Å². The molecule has 0 saturated heterocycles. The molecule has 0 aliphatic rings. The molecule has 0 bridgehead atoms. The molecule has 0 unspecified atom stereocenters. The van der Waals surface area contributed by atoms with Crippen LogP contribution in [0.25, 0.3) is 0 Å². The number of nitrogens with zero attached hydrogens (tertiary/aromatic N) is 2. The molecule has 38 heavy (non-hydrogen) atoms. The highest BCUT2D eigenvalue weighted by atomic mass is 32.2. The summed E-state index contributed by atoms with van der Waals surface area (Å²) in [4.78, 5) is 25.9. The Kier molecular flexibility index (Phi) is 7.78. The van der Waals surface area contributed by atoms with Crippen LogP contribution in [0.3, 0.4) is 0 Å². The van der Waals surface area contributed by atoms with E-state index in [0.29, 0.717) is 12.1 Å². The van der Waals surface area contributed by atoms with Gasteiger partial charge in [-0.3, -0.25) is 9.59 Å². The summed E-state index contributed by atoms with van der Waals surface area (Å²) in [7, 11) is -2.48. The lowest BCUT2D eigenvalue weighted by Crippen LogP contribution is -2.17. The van der Waals surface area contributed by atoms with E-state index in [1.807, 2.05) is 0 Å². The summed E-state index contributed by atoms with van der Waals surface area (Å²) in [5, 5.41) is 4.04. The van der Waals surface area contributed by atoms with E-state index in [4.69, 9.17) is 4.74 Å². The van der Waals surface area contributed by atoms with Gasteiger partial charge in [0.15, 0.2) is 22.2 Å². The second-order valence-corrected chi connectivity index (χ2v) is 10.6. The van der Waals surface area contributed by atoms with E-state index in [1.165, 1.54) is 14.0 Å². The Morgan fingerprint density at radius 1 is 0.947 bits per heavy atom. The van der Waals surface area contributed by atoms with Gasteiger partial charge in [0.2, 0.25) is 11.7 Å². The van der Waals surface area contributed by atoms with Crippen LogP contribution in [0.4, 0.5) is 26.3 Å². The first kappa shape index (κ1) is 28.9. The van der Waals surface area contributed by atoms with Crippen LogP contribution in [-0.2, 0) is 35.0 Å². The number of carbonyl (C=O) groups is 2. The van der Waals surface area contributed by atoms with E-state index in [-0.39, 0.29) is 33.8 Å². The highest BCUT2D eigenvalue weighted by Crippen LogP contribution is 2.33. The highest BCUT2D eigenvalue weighted by molar-refractivity contribution is 7.89. The molecule has 0 aliphatic carbocycles. The van der Waals surface area contributed by atoms with Crippen molar-refractivity contribution < 1.29 is 49.1 Å². The number of alkyl halides is 6. The number of aryl methyl sites for hydroxylation is 2. The van der Waals surface area contributed by atoms with Crippen LogP contribution in [0.1, 0.15) is 48.7 Å². The standard InChI is InChI=1S/C24H20F6N2O5S/c1-13-20(21(34)18-9-8-17(24(28,29)30)10-15(18)12-38(3,35)36)22(32(2)31-13)37-11-19(33)14-4-6-16(7-5-14)23(25,26)27/h4-10H,11-12H2,1-3H3. The number of benzene rings is 2.